The molecule has 2 rings (SSSR count). The minimum absolute atomic E-state index is 0.0760. The Hall–Kier alpha value is -2.04. The number of ketones is 1. The summed E-state index contributed by atoms with van der Waals surface area (Å²) in [5.41, 5.74) is -0.253. The van der Waals surface area contributed by atoms with Gasteiger partial charge in [0, 0.05) is 12.4 Å². The van der Waals surface area contributed by atoms with Crippen molar-refractivity contribution in [1.82, 2.24) is 9.97 Å². The maximum Gasteiger partial charge on any atom is 0.173 e. The molecule has 0 radical (unpaired) electrons. The molecule has 1 heterocycles. The average Bonchev–Trinajstić information content (AvgIpc) is 2.74. The SMILES string of the molecule is O=C(Cc1ncc[nH]1)c1cccc(F)c1F. The fraction of sp³-hybridized carbons (Fsp3) is 0.0909. The highest BCUT2D eigenvalue weighted by Crippen LogP contribution is 2.13. The summed E-state index contributed by atoms with van der Waals surface area (Å²) in [4.78, 5) is 18.2. The Bertz CT molecular complexity index is 509. The lowest BCUT2D eigenvalue weighted by Gasteiger charge is -2.01. The number of carbonyl (C=O) groups excluding carboxylic acids is 1. The van der Waals surface area contributed by atoms with Crippen LogP contribution in [0.3, 0.4) is 0 Å². The molecule has 5 heteroatoms. The van der Waals surface area contributed by atoms with Crippen molar-refractivity contribution in [2.45, 2.75) is 6.42 Å². The standard InChI is InChI=1S/C11H8F2N2O/c12-8-3-1-2-7(11(8)13)9(16)6-10-14-4-5-15-10/h1-5H,6H2,(H,14,15). The molecule has 0 atom stereocenters. The van der Waals surface area contributed by atoms with Crippen LogP contribution in [0.5, 0.6) is 0 Å². The summed E-state index contributed by atoms with van der Waals surface area (Å²) in [5.74, 6) is -2.22. The van der Waals surface area contributed by atoms with Crippen LogP contribution in [0.25, 0.3) is 0 Å². The fourth-order valence-corrected chi connectivity index (χ4v) is 1.36. The summed E-state index contributed by atoms with van der Waals surface area (Å²) in [6.45, 7) is 0. The number of nitrogens with one attached hydrogen (secondary N) is 1. The zero-order valence-electron chi connectivity index (χ0n) is 8.21. The predicted molar refractivity (Wildman–Crippen MR) is 53.0 cm³/mol. The second kappa shape index (κ2) is 4.22. The number of Topliss-reactive ketones (excluding diaryl/α,β-unsaturated/α-hetero) is 1. The van der Waals surface area contributed by atoms with E-state index in [0.717, 1.165) is 6.07 Å². The second-order valence-corrected chi connectivity index (χ2v) is 3.24. The molecule has 3 nitrogen and oxygen atoms in total. The molecular weight excluding hydrogens is 214 g/mol. The first-order chi connectivity index (χ1) is 7.68. The van der Waals surface area contributed by atoms with E-state index in [-0.39, 0.29) is 12.0 Å². The van der Waals surface area contributed by atoms with Gasteiger partial charge in [0.2, 0.25) is 0 Å². The molecule has 0 aliphatic carbocycles. The Kier molecular flexibility index (Phi) is 2.76. The Balaban J connectivity index is 2.24. The Morgan fingerprint density at radius 3 is 2.88 bits per heavy atom. The van der Waals surface area contributed by atoms with Crippen LogP contribution in [0.1, 0.15) is 16.2 Å². The zero-order valence-corrected chi connectivity index (χ0v) is 8.21. The third-order valence-electron chi connectivity index (χ3n) is 2.13. The number of benzene rings is 1. The number of imidazole rings is 1. The Morgan fingerprint density at radius 2 is 2.19 bits per heavy atom. The molecule has 0 bridgehead atoms. The van der Waals surface area contributed by atoms with E-state index in [1.54, 1.807) is 6.20 Å². The highest BCUT2D eigenvalue weighted by Gasteiger charge is 2.15. The van der Waals surface area contributed by atoms with Gasteiger partial charge in [-0.25, -0.2) is 13.8 Å². The van der Waals surface area contributed by atoms with Crippen LogP contribution in [-0.4, -0.2) is 15.8 Å². The normalized spacial score (nSPS) is 10.4. The van der Waals surface area contributed by atoms with Gasteiger partial charge in [-0.15, -0.1) is 0 Å². The van der Waals surface area contributed by atoms with Crippen molar-refractivity contribution in [3.63, 3.8) is 0 Å². The van der Waals surface area contributed by atoms with E-state index in [9.17, 15) is 13.6 Å². The number of carbonyl (C=O) groups is 1. The zero-order chi connectivity index (χ0) is 11.5. The van der Waals surface area contributed by atoms with Gasteiger partial charge in [-0.3, -0.25) is 4.79 Å². The topological polar surface area (TPSA) is 45.8 Å². The molecule has 0 saturated carbocycles. The summed E-state index contributed by atoms with van der Waals surface area (Å²) in [6.07, 6.45) is 2.97. The summed E-state index contributed by atoms with van der Waals surface area (Å²) in [5, 5.41) is 0. The van der Waals surface area contributed by atoms with Crippen molar-refractivity contribution in [3.05, 3.63) is 53.6 Å². The van der Waals surface area contributed by atoms with Crippen LogP contribution in [0.4, 0.5) is 8.78 Å². The van der Waals surface area contributed by atoms with E-state index in [1.165, 1.54) is 18.3 Å². The van der Waals surface area contributed by atoms with Gasteiger partial charge in [0.15, 0.2) is 17.4 Å². The van der Waals surface area contributed by atoms with Crippen LogP contribution in [0, 0.1) is 11.6 Å². The highest BCUT2D eigenvalue weighted by atomic mass is 19.2. The maximum atomic E-state index is 13.3. The van der Waals surface area contributed by atoms with Crippen LogP contribution in [0.2, 0.25) is 0 Å². The first-order valence-corrected chi connectivity index (χ1v) is 4.64. The predicted octanol–water partition coefficient (Wildman–Crippen LogP) is 2.11. The van der Waals surface area contributed by atoms with E-state index in [1.807, 2.05) is 0 Å². The van der Waals surface area contributed by atoms with Crippen LogP contribution >= 0.6 is 0 Å². The maximum absolute atomic E-state index is 13.3. The van der Waals surface area contributed by atoms with Crippen LogP contribution in [-0.2, 0) is 6.42 Å². The van der Waals surface area contributed by atoms with Gasteiger partial charge in [0.1, 0.15) is 5.82 Å². The molecule has 0 aliphatic rings. The van der Waals surface area contributed by atoms with Gasteiger partial charge >= 0.3 is 0 Å². The summed E-state index contributed by atoms with van der Waals surface area (Å²) in [6, 6.07) is 3.52. The van der Waals surface area contributed by atoms with Gasteiger partial charge in [-0.05, 0) is 12.1 Å². The third kappa shape index (κ3) is 1.98. The molecule has 1 aromatic carbocycles. The molecular formula is C11H8F2N2O. The number of nitrogens with zero attached hydrogens (tertiary/aromatic N) is 1. The molecule has 82 valence electrons. The van der Waals surface area contributed by atoms with Gasteiger partial charge in [-0.1, -0.05) is 6.07 Å². The van der Waals surface area contributed by atoms with Crippen molar-refractivity contribution in [2.75, 3.05) is 0 Å². The largest absolute Gasteiger partial charge is 0.348 e. The second-order valence-electron chi connectivity index (χ2n) is 3.24. The van der Waals surface area contributed by atoms with E-state index in [0.29, 0.717) is 5.82 Å². The number of halogens is 2. The Labute approximate surface area is 90.1 Å². The number of H-pyrrole nitrogens is 1. The summed E-state index contributed by atoms with van der Waals surface area (Å²) >= 11 is 0. The number of rotatable bonds is 3. The van der Waals surface area contributed by atoms with Crippen molar-refractivity contribution in [3.8, 4) is 0 Å². The van der Waals surface area contributed by atoms with Crippen molar-refractivity contribution < 1.29 is 13.6 Å². The lowest BCUT2D eigenvalue weighted by atomic mass is 10.1. The minimum atomic E-state index is -1.11. The highest BCUT2D eigenvalue weighted by molar-refractivity contribution is 5.97. The Morgan fingerprint density at radius 1 is 1.38 bits per heavy atom. The van der Waals surface area contributed by atoms with Crippen LogP contribution < -0.4 is 0 Å². The number of hydrogen-bond donors (Lipinski definition) is 1. The van der Waals surface area contributed by atoms with E-state index >= 15 is 0 Å². The molecule has 0 spiro atoms. The smallest absolute Gasteiger partial charge is 0.173 e. The van der Waals surface area contributed by atoms with Crippen molar-refractivity contribution in [2.24, 2.45) is 0 Å². The molecule has 0 unspecified atom stereocenters. The molecule has 0 amide bonds. The third-order valence-corrected chi connectivity index (χ3v) is 2.13. The fourth-order valence-electron chi connectivity index (χ4n) is 1.36. The minimum Gasteiger partial charge on any atom is -0.348 e. The first kappa shape index (κ1) is 10.5. The molecule has 0 fully saturated rings. The van der Waals surface area contributed by atoms with Crippen LogP contribution in [0.15, 0.2) is 30.6 Å². The number of aromatic nitrogens is 2. The average molecular weight is 222 g/mol. The lowest BCUT2D eigenvalue weighted by Crippen LogP contribution is -2.08. The summed E-state index contributed by atoms with van der Waals surface area (Å²) < 4.78 is 26.1. The lowest BCUT2D eigenvalue weighted by molar-refractivity contribution is 0.0986. The van der Waals surface area contributed by atoms with Gasteiger partial charge in [0.25, 0.3) is 0 Å². The van der Waals surface area contributed by atoms with E-state index < -0.39 is 17.4 Å². The number of aromatic amines is 1. The molecule has 0 aliphatic heterocycles. The van der Waals surface area contributed by atoms with Crippen molar-refractivity contribution >= 4 is 5.78 Å². The van der Waals surface area contributed by atoms with E-state index in [4.69, 9.17) is 0 Å². The van der Waals surface area contributed by atoms with Gasteiger partial charge < -0.3 is 4.98 Å². The van der Waals surface area contributed by atoms with Gasteiger partial charge in [0.05, 0.1) is 12.0 Å². The molecule has 2 aromatic rings. The number of hydrogen-bond acceptors (Lipinski definition) is 2. The molecule has 0 saturated heterocycles. The molecule has 16 heavy (non-hydrogen) atoms. The molecule has 1 aromatic heterocycles. The van der Waals surface area contributed by atoms with Gasteiger partial charge in [-0.2, -0.15) is 0 Å². The van der Waals surface area contributed by atoms with Crippen molar-refractivity contribution in [1.29, 1.82) is 0 Å². The van der Waals surface area contributed by atoms with E-state index in [2.05, 4.69) is 9.97 Å². The first-order valence-electron chi connectivity index (χ1n) is 4.64. The summed E-state index contributed by atoms with van der Waals surface area (Å²) in [7, 11) is 0. The quantitative estimate of drug-likeness (QED) is 0.808. The monoisotopic (exact) mass is 222 g/mol. The molecule has 1 N–H and O–H groups in total.